The molecule has 0 saturated heterocycles. The van der Waals surface area contributed by atoms with Gasteiger partial charge in [0.1, 0.15) is 0 Å². The summed E-state index contributed by atoms with van der Waals surface area (Å²) in [7, 11) is 0. The van der Waals surface area contributed by atoms with Crippen molar-refractivity contribution >= 4 is 5.97 Å². The third-order valence-corrected chi connectivity index (χ3v) is 2.50. The molecular weight excluding hydrogens is 212 g/mol. The molecular formula is C11H20O5. The molecule has 0 aromatic carbocycles. The minimum Gasteiger partial charge on any atom is -0.402 e. The highest BCUT2D eigenvalue weighted by Crippen LogP contribution is 2.31. The number of hydrogen-bond donors (Lipinski definition) is 2. The lowest BCUT2D eigenvalue weighted by molar-refractivity contribution is -0.408. The van der Waals surface area contributed by atoms with Crippen LogP contribution in [0.5, 0.6) is 0 Å². The van der Waals surface area contributed by atoms with Crippen LogP contribution in [0.25, 0.3) is 0 Å². The van der Waals surface area contributed by atoms with E-state index in [-0.39, 0.29) is 19.4 Å². The van der Waals surface area contributed by atoms with Crippen LogP contribution in [0.1, 0.15) is 33.6 Å². The Morgan fingerprint density at radius 1 is 1.31 bits per heavy atom. The van der Waals surface area contributed by atoms with E-state index in [1.807, 2.05) is 0 Å². The molecule has 0 fully saturated rings. The topological polar surface area (TPSA) is 76.0 Å². The maximum absolute atomic E-state index is 11.1. The summed E-state index contributed by atoms with van der Waals surface area (Å²) in [5, 5.41) is 20.2. The van der Waals surface area contributed by atoms with Crippen LogP contribution in [0.4, 0.5) is 0 Å². The molecule has 2 N–H and O–H groups in total. The minimum atomic E-state index is -2.34. The maximum Gasteiger partial charge on any atom is 0.357 e. The summed E-state index contributed by atoms with van der Waals surface area (Å²) in [4.78, 5) is 11.1. The molecule has 1 atom stereocenters. The molecule has 1 unspecified atom stereocenters. The highest BCUT2D eigenvalue weighted by atomic mass is 16.8. The van der Waals surface area contributed by atoms with Crippen LogP contribution in [-0.4, -0.2) is 34.4 Å². The van der Waals surface area contributed by atoms with Crippen molar-refractivity contribution in [3.05, 3.63) is 12.7 Å². The van der Waals surface area contributed by atoms with Crippen LogP contribution >= 0.6 is 0 Å². The first-order valence-electron chi connectivity index (χ1n) is 5.33. The van der Waals surface area contributed by atoms with Gasteiger partial charge in [-0.2, -0.15) is 0 Å². The SMILES string of the molecule is C=CC(=O)OC(O)(OCC)C(O)(CC)CC. The second kappa shape index (κ2) is 5.98. The predicted molar refractivity (Wildman–Crippen MR) is 58.4 cm³/mol. The van der Waals surface area contributed by atoms with E-state index in [4.69, 9.17) is 9.47 Å². The Balaban J connectivity index is 5.06. The Morgan fingerprint density at radius 2 is 1.81 bits per heavy atom. The predicted octanol–water partition coefficient (Wildman–Crippen LogP) is 0.949. The number of aliphatic hydroxyl groups is 2. The van der Waals surface area contributed by atoms with Crippen molar-refractivity contribution in [2.24, 2.45) is 0 Å². The first-order chi connectivity index (χ1) is 7.39. The monoisotopic (exact) mass is 232 g/mol. The van der Waals surface area contributed by atoms with E-state index in [0.717, 1.165) is 6.08 Å². The third-order valence-electron chi connectivity index (χ3n) is 2.50. The molecule has 0 spiro atoms. The van der Waals surface area contributed by atoms with Crippen LogP contribution in [0.3, 0.4) is 0 Å². The zero-order chi connectivity index (χ0) is 12.8. The van der Waals surface area contributed by atoms with Gasteiger partial charge < -0.3 is 19.7 Å². The van der Waals surface area contributed by atoms with E-state index in [2.05, 4.69) is 6.58 Å². The van der Waals surface area contributed by atoms with Crippen molar-refractivity contribution < 1.29 is 24.5 Å². The fraction of sp³-hybridized carbons (Fsp3) is 0.727. The van der Waals surface area contributed by atoms with Crippen molar-refractivity contribution in [1.29, 1.82) is 0 Å². The quantitative estimate of drug-likeness (QED) is 0.388. The summed E-state index contributed by atoms with van der Waals surface area (Å²) in [5.41, 5.74) is -1.64. The molecule has 0 amide bonds. The average Bonchev–Trinajstić information content (AvgIpc) is 2.27. The minimum absolute atomic E-state index is 0.100. The molecule has 0 aromatic rings. The second-order valence-corrected chi connectivity index (χ2v) is 3.38. The van der Waals surface area contributed by atoms with Crippen molar-refractivity contribution in [2.45, 2.75) is 45.2 Å². The number of hydrogen-bond acceptors (Lipinski definition) is 5. The molecule has 0 radical (unpaired) electrons. The third kappa shape index (κ3) is 3.04. The summed E-state index contributed by atoms with van der Waals surface area (Å²) in [5.74, 6) is -3.19. The van der Waals surface area contributed by atoms with E-state index in [9.17, 15) is 15.0 Å². The first kappa shape index (κ1) is 15.1. The van der Waals surface area contributed by atoms with Crippen LogP contribution < -0.4 is 0 Å². The molecule has 5 nitrogen and oxygen atoms in total. The van der Waals surface area contributed by atoms with Gasteiger partial charge in [-0.05, 0) is 19.8 Å². The fourth-order valence-corrected chi connectivity index (χ4v) is 1.33. The van der Waals surface area contributed by atoms with Crippen LogP contribution in [0.15, 0.2) is 12.7 Å². The Hall–Kier alpha value is -0.910. The van der Waals surface area contributed by atoms with E-state index in [0.29, 0.717) is 0 Å². The molecule has 0 rings (SSSR count). The zero-order valence-electron chi connectivity index (χ0n) is 10.0. The molecule has 5 heteroatoms. The average molecular weight is 232 g/mol. The summed E-state index contributed by atoms with van der Waals surface area (Å²) in [6, 6.07) is 0. The van der Waals surface area contributed by atoms with Crippen molar-refractivity contribution in [3.63, 3.8) is 0 Å². The lowest BCUT2D eigenvalue weighted by atomic mass is 9.94. The van der Waals surface area contributed by atoms with Gasteiger partial charge in [-0.15, -0.1) is 0 Å². The van der Waals surface area contributed by atoms with Crippen LogP contribution in [0, 0.1) is 0 Å². The number of esters is 1. The highest BCUT2D eigenvalue weighted by molar-refractivity contribution is 5.81. The standard InChI is InChI=1S/C11H20O5/c1-5-9(12)16-11(14,15-8-4)10(13,6-2)7-3/h5,13-14H,1,6-8H2,2-4H3. The Bertz CT molecular complexity index is 247. The molecule has 94 valence electrons. The van der Waals surface area contributed by atoms with Gasteiger partial charge in [0.2, 0.25) is 0 Å². The second-order valence-electron chi connectivity index (χ2n) is 3.38. The van der Waals surface area contributed by atoms with Gasteiger partial charge in [0.15, 0.2) is 5.60 Å². The lowest BCUT2D eigenvalue weighted by Gasteiger charge is -2.39. The van der Waals surface area contributed by atoms with E-state index >= 15 is 0 Å². The Morgan fingerprint density at radius 3 is 2.12 bits per heavy atom. The summed E-state index contributed by atoms with van der Waals surface area (Å²) < 4.78 is 9.66. The number of carbonyl (C=O) groups is 1. The molecule has 16 heavy (non-hydrogen) atoms. The number of ether oxygens (including phenoxy) is 2. The normalized spacial score (nSPS) is 15.3. The van der Waals surface area contributed by atoms with Gasteiger partial charge >= 0.3 is 11.9 Å². The Kier molecular flexibility index (Phi) is 5.64. The van der Waals surface area contributed by atoms with Gasteiger partial charge in [0.05, 0.1) is 6.61 Å². The Labute approximate surface area is 95.7 Å². The van der Waals surface area contributed by atoms with Crippen molar-refractivity contribution in [1.82, 2.24) is 0 Å². The van der Waals surface area contributed by atoms with Crippen LogP contribution in [0.2, 0.25) is 0 Å². The molecule has 0 aliphatic carbocycles. The maximum atomic E-state index is 11.1. The smallest absolute Gasteiger partial charge is 0.357 e. The van der Waals surface area contributed by atoms with E-state index < -0.39 is 17.5 Å². The lowest BCUT2D eigenvalue weighted by Crippen LogP contribution is -2.58. The van der Waals surface area contributed by atoms with Crippen molar-refractivity contribution in [3.8, 4) is 0 Å². The highest BCUT2D eigenvalue weighted by Gasteiger charge is 2.52. The van der Waals surface area contributed by atoms with Gasteiger partial charge in [0, 0.05) is 6.08 Å². The molecule has 0 bridgehead atoms. The largest absolute Gasteiger partial charge is 0.402 e. The zero-order valence-corrected chi connectivity index (χ0v) is 10.0. The number of rotatable bonds is 7. The summed E-state index contributed by atoms with van der Waals surface area (Å²) in [6.45, 7) is 8.26. The summed E-state index contributed by atoms with van der Waals surface area (Å²) >= 11 is 0. The summed E-state index contributed by atoms with van der Waals surface area (Å²) in [6.07, 6.45) is 1.27. The molecule has 0 aliphatic heterocycles. The van der Waals surface area contributed by atoms with E-state index in [1.165, 1.54) is 0 Å². The molecule has 0 heterocycles. The van der Waals surface area contributed by atoms with Crippen LogP contribution in [-0.2, 0) is 14.3 Å². The molecule has 0 aliphatic rings. The van der Waals surface area contributed by atoms with Gasteiger partial charge in [-0.25, -0.2) is 4.79 Å². The molecule has 0 saturated carbocycles. The first-order valence-corrected chi connectivity index (χ1v) is 5.33. The van der Waals surface area contributed by atoms with Crippen molar-refractivity contribution in [2.75, 3.05) is 6.61 Å². The van der Waals surface area contributed by atoms with Gasteiger partial charge in [0.25, 0.3) is 0 Å². The van der Waals surface area contributed by atoms with E-state index in [1.54, 1.807) is 20.8 Å². The molecule has 0 aromatic heterocycles. The fourth-order valence-electron chi connectivity index (χ4n) is 1.33. The van der Waals surface area contributed by atoms with Gasteiger partial charge in [-0.1, -0.05) is 20.4 Å². The number of carbonyl (C=O) groups excluding carboxylic acids is 1. The van der Waals surface area contributed by atoms with Gasteiger partial charge in [-0.3, -0.25) is 0 Å².